The highest BCUT2D eigenvalue weighted by Crippen LogP contribution is 2.35. The fourth-order valence-electron chi connectivity index (χ4n) is 3.53. The van der Waals surface area contributed by atoms with Crippen LogP contribution >= 0.6 is 35.0 Å². The first-order valence-electron chi connectivity index (χ1n) is 11.0. The highest BCUT2D eigenvalue weighted by atomic mass is 35.5. The van der Waals surface area contributed by atoms with Crippen molar-refractivity contribution in [1.82, 2.24) is 4.98 Å². The summed E-state index contributed by atoms with van der Waals surface area (Å²) in [6.07, 6.45) is 0.227. The van der Waals surface area contributed by atoms with Crippen LogP contribution in [0, 0.1) is 11.3 Å². The highest BCUT2D eigenvalue weighted by molar-refractivity contribution is 7.99. The van der Waals surface area contributed by atoms with Gasteiger partial charge in [0.1, 0.15) is 16.8 Å². The summed E-state index contributed by atoms with van der Waals surface area (Å²) in [5.74, 6) is 1.00. The van der Waals surface area contributed by atoms with E-state index in [2.05, 4.69) is 11.4 Å². The summed E-state index contributed by atoms with van der Waals surface area (Å²) < 4.78 is 5.28. The van der Waals surface area contributed by atoms with Crippen molar-refractivity contribution in [2.75, 3.05) is 18.2 Å². The molecule has 5 nitrogen and oxygen atoms in total. The molecule has 0 fully saturated rings. The number of hydrogen-bond acceptors (Lipinski definition) is 5. The van der Waals surface area contributed by atoms with Crippen LogP contribution in [-0.2, 0) is 4.79 Å². The van der Waals surface area contributed by atoms with Gasteiger partial charge in [0.25, 0.3) is 0 Å². The normalized spacial score (nSPS) is 10.5. The number of halogens is 2. The SMILES string of the molecule is COc1ccc(-c2cc(-c3ccccc3)nc(SCCC(=O)Nc3ccc(Cl)c(Cl)c3)c2C#N)cc1. The first-order valence-corrected chi connectivity index (χ1v) is 12.8. The molecule has 4 aromatic rings. The van der Waals surface area contributed by atoms with Gasteiger partial charge in [-0.25, -0.2) is 4.98 Å². The zero-order valence-electron chi connectivity index (χ0n) is 19.3. The first-order chi connectivity index (χ1) is 17.5. The summed E-state index contributed by atoms with van der Waals surface area (Å²) >= 11 is 13.3. The number of rotatable bonds is 8. The van der Waals surface area contributed by atoms with Gasteiger partial charge in [-0.2, -0.15) is 5.26 Å². The number of nitriles is 1. The minimum absolute atomic E-state index is 0.172. The van der Waals surface area contributed by atoms with Crippen LogP contribution in [0.15, 0.2) is 83.9 Å². The zero-order valence-corrected chi connectivity index (χ0v) is 21.6. The number of methoxy groups -OCH3 is 1. The van der Waals surface area contributed by atoms with Gasteiger partial charge in [-0.15, -0.1) is 11.8 Å². The molecular weight excluding hydrogens is 513 g/mol. The van der Waals surface area contributed by atoms with E-state index in [1.165, 1.54) is 11.8 Å². The van der Waals surface area contributed by atoms with Crippen LogP contribution < -0.4 is 10.1 Å². The number of benzene rings is 3. The highest BCUT2D eigenvalue weighted by Gasteiger charge is 2.17. The fourth-order valence-corrected chi connectivity index (χ4v) is 4.77. The van der Waals surface area contributed by atoms with Gasteiger partial charge < -0.3 is 10.1 Å². The largest absolute Gasteiger partial charge is 0.497 e. The van der Waals surface area contributed by atoms with Gasteiger partial charge in [0.2, 0.25) is 5.91 Å². The summed E-state index contributed by atoms with van der Waals surface area (Å²) in [5.41, 5.74) is 4.39. The lowest BCUT2D eigenvalue weighted by Crippen LogP contribution is -2.12. The van der Waals surface area contributed by atoms with Crippen molar-refractivity contribution in [1.29, 1.82) is 5.26 Å². The molecule has 1 aromatic heterocycles. The third-order valence-corrected chi connectivity index (χ3v) is 7.06. The average Bonchev–Trinajstić information content (AvgIpc) is 2.91. The van der Waals surface area contributed by atoms with E-state index < -0.39 is 0 Å². The first kappa shape index (κ1) is 25.6. The Kier molecular flexibility index (Phi) is 8.50. The Morgan fingerprint density at radius 3 is 2.42 bits per heavy atom. The van der Waals surface area contributed by atoms with E-state index in [1.807, 2.05) is 60.7 Å². The summed E-state index contributed by atoms with van der Waals surface area (Å²) in [6.45, 7) is 0. The van der Waals surface area contributed by atoms with Crippen LogP contribution in [0.5, 0.6) is 5.75 Å². The second-order valence-electron chi connectivity index (χ2n) is 7.72. The third kappa shape index (κ3) is 6.19. The monoisotopic (exact) mass is 533 g/mol. The maximum Gasteiger partial charge on any atom is 0.225 e. The number of ether oxygens (including phenoxy) is 1. The molecule has 1 amide bonds. The Balaban J connectivity index is 1.59. The summed E-state index contributed by atoms with van der Waals surface area (Å²) in [5, 5.41) is 14.2. The van der Waals surface area contributed by atoms with Crippen molar-refractivity contribution in [3.8, 4) is 34.2 Å². The van der Waals surface area contributed by atoms with Gasteiger partial charge in [-0.05, 0) is 42.0 Å². The predicted molar refractivity (Wildman–Crippen MR) is 147 cm³/mol. The Morgan fingerprint density at radius 2 is 1.75 bits per heavy atom. The van der Waals surface area contributed by atoms with E-state index in [9.17, 15) is 10.1 Å². The van der Waals surface area contributed by atoms with Gasteiger partial charge in [-0.1, -0.05) is 65.7 Å². The number of aromatic nitrogens is 1. The standard InChI is InChI=1S/C28H21Cl2N3O2S/c1-35-21-10-7-18(8-11-21)22-16-26(19-5-3-2-4-6-19)33-28(23(22)17-31)36-14-13-27(34)32-20-9-12-24(29)25(30)15-20/h2-12,15-16H,13-14H2,1H3,(H,32,34). The Labute approximate surface area is 224 Å². The topological polar surface area (TPSA) is 75.0 Å². The molecule has 3 aromatic carbocycles. The van der Waals surface area contributed by atoms with E-state index in [-0.39, 0.29) is 12.3 Å². The lowest BCUT2D eigenvalue weighted by molar-refractivity contribution is -0.115. The maximum atomic E-state index is 12.5. The number of nitrogens with one attached hydrogen (secondary N) is 1. The molecule has 0 spiro atoms. The van der Waals surface area contributed by atoms with Crippen LogP contribution in [0.25, 0.3) is 22.4 Å². The molecule has 0 radical (unpaired) electrons. The number of thioether (sulfide) groups is 1. The molecule has 0 atom stereocenters. The second-order valence-corrected chi connectivity index (χ2v) is 9.62. The molecule has 0 bridgehead atoms. The molecule has 0 aliphatic carbocycles. The lowest BCUT2D eigenvalue weighted by Gasteiger charge is -2.13. The average molecular weight is 534 g/mol. The summed E-state index contributed by atoms with van der Waals surface area (Å²) in [7, 11) is 1.61. The van der Waals surface area contributed by atoms with Crippen molar-refractivity contribution < 1.29 is 9.53 Å². The molecule has 36 heavy (non-hydrogen) atoms. The van der Waals surface area contributed by atoms with E-state index in [4.69, 9.17) is 32.9 Å². The second kappa shape index (κ2) is 12.0. The number of carbonyl (C=O) groups is 1. The number of anilines is 1. The smallest absolute Gasteiger partial charge is 0.225 e. The van der Waals surface area contributed by atoms with E-state index in [0.717, 1.165) is 28.1 Å². The van der Waals surface area contributed by atoms with Crippen molar-refractivity contribution in [2.45, 2.75) is 11.4 Å². The number of hydrogen-bond donors (Lipinski definition) is 1. The number of carbonyl (C=O) groups excluding carboxylic acids is 1. The minimum atomic E-state index is -0.172. The van der Waals surface area contributed by atoms with Crippen LogP contribution in [0.3, 0.4) is 0 Å². The Bertz CT molecular complexity index is 1420. The molecule has 180 valence electrons. The molecule has 0 unspecified atom stereocenters. The van der Waals surface area contributed by atoms with E-state index >= 15 is 0 Å². The molecule has 0 saturated heterocycles. The van der Waals surface area contributed by atoms with E-state index in [0.29, 0.717) is 32.1 Å². The summed E-state index contributed by atoms with van der Waals surface area (Å²) in [4.78, 5) is 17.3. The lowest BCUT2D eigenvalue weighted by atomic mass is 9.99. The molecule has 4 rings (SSSR count). The molecule has 8 heteroatoms. The summed E-state index contributed by atoms with van der Waals surface area (Å²) in [6, 6.07) is 26.5. The molecular formula is C28H21Cl2N3O2S. The fraction of sp³-hybridized carbons (Fsp3) is 0.107. The zero-order chi connectivity index (χ0) is 25.5. The molecule has 1 N–H and O–H groups in total. The third-order valence-electron chi connectivity index (χ3n) is 5.34. The molecule has 0 aliphatic rings. The van der Waals surface area contributed by atoms with Crippen LogP contribution in [-0.4, -0.2) is 23.8 Å². The number of nitrogens with zero attached hydrogens (tertiary/aromatic N) is 2. The van der Waals surface area contributed by atoms with Gasteiger partial charge in [0.15, 0.2) is 0 Å². The Morgan fingerprint density at radius 1 is 1.00 bits per heavy atom. The van der Waals surface area contributed by atoms with Crippen molar-refractivity contribution in [3.63, 3.8) is 0 Å². The van der Waals surface area contributed by atoms with Gasteiger partial charge >= 0.3 is 0 Å². The van der Waals surface area contributed by atoms with Gasteiger partial charge in [-0.3, -0.25) is 4.79 Å². The van der Waals surface area contributed by atoms with Gasteiger partial charge in [0, 0.05) is 29.0 Å². The number of amides is 1. The number of pyridine rings is 1. The quantitative estimate of drug-likeness (QED) is 0.234. The molecule has 1 heterocycles. The molecule has 0 aliphatic heterocycles. The van der Waals surface area contributed by atoms with Crippen LogP contribution in [0.1, 0.15) is 12.0 Å². The van der Waals surface area contributed by atoms with E-state index in [1.54, 1.807) is 25.3 Å². The Hall–Kier alpha value is -3.50. The van der Waals surface area contributed by atoms with Crippen molar-refractivity contribution in [3.05, 3.63) is 94.5 Å². The van der Waals surface area contributed by atoms with Gasteiger partial charge in [0.05, 0.1) is 28.4 Å². The maximum absolute atomic E-state index is 12.5. The van der Waals surface area contributed by atoms with Crippen LogP contribution in [0.2, 0.25) is 10.0 Å². The van der Waals surface area contributed by atoms with Crippen LogP contribution in [0.4, 0.5) is 5.69 Å². The van der Waals surface area contributed by atoms with Crippen molar-refractivity contribution in [2.24, 2.45) is 0 Å². The molecule has 0 saturated carbocycles. The van der Waals surface area contributed by atoms with Crippen molar-refractivity contribution >= 4 is 46.6 Å². The minimum Gasteiger partial charge on any atom is -0.497 e. The predicted octanol–water partition coefficient (Wildman–Crippen LogP) is 7.72.